The number of carbonyl (C=O) groups is 1. The summed E-state index contributed by atoms with van der Waals surface area (Å²) < 4.78 is 0. The Bertz CT molecular complexity index is 716. The van der Waals surface area contributed by atoms with E-state index in [9.17, 15) is 9.90 Å². The van der Waals surface area contributed by atoms with Crippen LogP contribution < -0.4 is 5.32 Å². The predicted molar refractivity (Wildman–Crippen MR) is 95.8 cm³/mol. The number of rotatable bonds is 5. The van der Waals surface area contributed by atoms with Crippen LogP contribution in [0.2, 0.25) is 0 Å². The summed E-state index contributed by atoms with van der Waals surface area (Å²) >= 11 is 0. The number of hydrogen-bond acceptors (Lipinski definition) is 3. The Hall–Kier alpha value is -2.20. The van der Waals surface area contributed by atoms with Crippen LogP contribution in [0.5, 0.6) is 0 Å². The lowest BCUT2D eigenvalue weighted by Gasteiger charge is -2.37. The maximum atomic E-state index is 12.7. The number of nitrogens with one attached hydrogen (secondary N) is 1. The zero-order chi connectivity index (χ0) is 17.2. The van der Waals surface area contributed by atoms with E-state index >= 15 is 0 Å². The Balaban J connectivity index is 1.40. The first-order valence-corrected chi connectivity index (χ1v) is 9.14. The summed E-state index contributed by atoms with van der Waals surface area (Å²) in [6, 6.07) is 14.2. The van der Waals surface area contributed by atoms with Gasteiger partial charge in [0.05, 0.1) is 17.8 Å². The van der Waals surface area contributed by atoms with Gasteiger partial charge in [0, 0.05) is 12.6 Å². The van der Waals surface area contributed by atoms with Gasteiger partial charge >= 0.3 is 0 Å². The Morgan fingerprint density at radius 3 is 2.40 bits per heavy atom. The fourth-order valence-corrected chi connectivity index (χ4v) is 4.18. The van der Waals surface area contributed by atoms with Gasteiger partial charge in [-0.2, -0.15) is 0 Å². The molecule has 0 saturated heterocycles. The molecule has 25 heavy (non-hydrogen) atoms. The van der Waals surface area contributed by atoms with E-state index < -0.39 is 0 Å². The SMILES string of the molecule is O=C(CC1Cc2ccccc2C1)NC(c1ccccn1)C1CC(O)C1. The van der Waals surface area contributed by atoms with Crippen molar-refractivity contribution in [3.05, 3.63) is 65.5 Å². The van der Waals surface area contributed by atoms with E-state index in [0.717, 1.165) is 31.4 Å². The second-order valence-electron chi connectivity index (χ2n) is 7.43. The molecule has 4 heteroatoms. The minimum Gasteiger partial charge on any atom is -0.393 e. The van der Waals surface area contributed by atoms with Gasteiger partial charge in [0.15, 0.2) is 0 Å². The standard InChI is InChI=1S/C21H24N2O2/c24-18-12-17(13-18)21(19-7-3-4-8-22-19)23-20(25)11-14-9-15-5-1-2-6-16(15)10-14/h1-8,14,17-18,21,24H,9-13H2,(H,23,25). The lowest BCUT2D eigenvalue weighted by atomic mass is 9.76. The Morgan fingerprint density at radius 2 is 1.80 bits per heavy atom. The van der Waals surface area contributed by atoms with E-state index in [0.29, 0.717) is 12.3 Å². The maximum absolute atomic E-state index is 12.7. The minimum absolute atomic E-state index is 0.0925. The molecule has 4 rings (SSSR count). The molecule has 2 N–H and O–H groups in total. The number of nitrogens with zero attached hydrogens (tertiary/aromatic N) is 1. The van der Waals surface area contributed by atoms with Gasteiger partial charge in [-0.15, -0.1) is 0 Å². The summed E-state index contributed by atoms with van der Waals surface area (Å²) in [7, 11) is 0. The van der Waals surface area contributed by atoms with Crippen molar-refractivity contribution in [1.82, 2.24) is 10.3 Å². The molecule has 2 aliphatic carbocycles. The van der Waals surface area contributed by atoms with Crippen molar-refractivity contribution >= 4 is 5.91 Å². The third-order valence-electron chi connectivity index (χ3n) is 5.55. The van der Waals surface area contributed by atoms with Crippen LogP contribution in [-0.4, -0.2) is 22.1 Å². The van der Waals surface area contributed by atoms with Crippen LogP contribution in [0.25, 0.3) is 0 Å². The number of aliphatic hydroxyl groups is 1. The van der Waals surface area contributed by atoms with Crippen LogP contribution in [0, 0.1) is 11.8 Å². The first kappa shape index (κ1) is 16.3. The molecule has 0 spiro atoms. The Morgan fingerprint density at radius 1 is 1.12 bits per heavy atom. The molecule has 1 heterocycles. The molecule has 1 aromatic heterocycles. The third-order valence-corrected chi connectivity index (χ3v) is 5.55. The summed E-state index contributed by atoms with van der Waals surface area (Å²) in [4.78, 5) is 17.1. The first-order valence-electron chi connectivity index (χ1n) is 9.14. The van der Waals surface area contributed by atoms with E-state index in [-0.39, 0.29) is 24.0 Å². The van der Waals surface area contributed by atoms with Gasteiger partial charge in [-0.1, -0.05) is 30.3 Å². The maximum Gasteiger partial charge on any atom is 0.220 e. The fourth-order valence-electron chi connectivity index (χ4n) is 4.18. The van der Waals surface area contributed by atoms with Crippen molar-refractivity contribution in [2.45, 2.75) is 44.2 Å². The number of benzene rings is 1. The van der Waals surface area contributed by atoms with Gasteiger partial charge in [0.2, 0.25) is 5.91 Å². The van der Waals surface area contributed by atoms with Gasteiger partial charge in [-0.05, 0) is 60.8 Å². The van der Waals surface area contributed by atoms with Gasteiger partial charge in [0.1, 0.15) is 0 Å². The summed E-state index contributed by atoms with van der Waals surface area (Å²) in [5.74, 6) is 0.748. The molecular weight excluding hydrogens is 312 g/mol. The lowest BCUT2D eigenvalue weighted by Crippen LogP contribution is -2.42. The summed E-state index contributed by atoms with van der Waals surface area (Å²) in [6.07, 6.45) is 5.51. The molecule has 1 fully saturated rings. The van der Waals surface area contributed by atoms with Gasteiger partial charge in [-0.3, -0.25) is 9.78 Å². The van der Waals surface area contributed by atoms with Gasteiger partial charge in [0.25, 0.3) is 0 Å². The van der Waals surface area contributed by atoms with Crippen molar-refractivity contribution in [3.8, 4) is 0 Å². The number of hydrogen-bond donors (Lipinski definition) is 2. The normalized spacial score (nSPS) is 23.6. The lowest BCUT2D eigenvalue weighted by molar-refractivity contribution is -0.124. The van der Waals surface area contributed by atoms with Crippen LogP contribution in [0.1, 0.15) is 42.1 Å². The molecule has 130 valence electrons. The Labute approximate surface area is 148 Å². The van der Waals surface area contributed by atoms with E-state index in [2.05, 4.69) is 34.6 Å². The van der Waals surface area contributed by atoms with Crippen LogP contribution >= 0.6 is 0 Å². The smallest absolute Gasteiger partial charge is 0.220 e. The molecule has 4 nitrogen and oxygen atoms in total. The number of fused-ring (bicyclic) bond motifs is 1. The van der Waals surface area contributed by atoms with Gasteiger partial charge in [-0.25, -0.2) is 0 Å². The molecule has 0 bridgehead atoms. The average Bonchev–Trinajstić information content (AvgIpc) is 3.00. The molecule has 0 radical (unpaired) electrons. The highest BCUT2D eigenvalue weighted by atomic mass is 16.3. The quantitative estimate of drug-likeness (QED) is 0.882. The second-order valence-corrected chi connectivity index (χ2v) is 7.43. The van der Waals surface area contributed by atoms with Crippen molar-refractivity contribution in [2.24, 2.45) is 11.8 Å². The predicted octanol–water partition coefficient (Wildman–Crippen LogP) is 2.81. The van der Waals surface area contributed by atoms with Crippen LogP contribution in [0.4, 0.5) is 0 Å². The largest absolute Gasteiger partial charge is 0.393 e. The molecule has 0 aliphatic heterocycles. The van der Waals surface area contributed by atoms with E-state index in [1.54, 1.807) is 6.20 Å². The van der Waals surface area contributed by atoms with Crippen molar-refractivity contribution in [2.75, 3.05) is 0 Å². The molecule has 1 saturated carbocycles. The molecule has 2 aromatic rings. The molecule has 1 aromatic carbocycles. The van der Waals surface area contributed by atoms with E-state index in [4.69, 9.17) is 0 Å². The highest BCUT2D eigenvalue weighted by Crippen LogP contribution is 2.37. The van der Waals surface area contributed by atoms with E-state index in [1.165, 1.54) is 11.1 Å². The molecular formula is C21H24N2O2. The topological polar surface area (TPSA) is 62.2 Å². The molecule has 1 atom stereocenters. The van der Waals surface area contributed by atoms with Gasteiger partial charge < -0.3 is 10.4 Å². The third kappa shape index (κ3) is 3.59. The minimum atomic E-state index is -0.238. The van der Waals surface area contributed by atoms with Crippen molar-refractivity contribution in [3.63, 3.8) is 0 Å². The molecule has 1 amide bonds. The number of aromatic nitrogens is 1. The number of pyridine rings is 1. The number of amides is 1. The van der Waals surface area contributed by atoms with Crippen molar-refractivity contribution in [1.29, 1.82) is 0 Å². The Kier molecular flexibility index (Phi) is 4.53. The first-order chi connectivity index (χ1) is 12.2. The zero-order valence-corrected chi connectivity index (χ0v) is 14.3. The number of carbonyl (C=O) groups excluding carboxylic acids is 1. The highest BCUT2D eigenvalue weighted by molar-refractivity contribution is 5.77. The van der Waals surface area contributed by atoms with Crippen LogP contribution in [0.15, 0.2) is 48.7 Å². The molecule has 1 unspecified atom stereocenters. The zero-order valence-electron chi connectivity index (χ0n) is 14.3. The monoisotopic (exact) mass is 336 g/mol. The van der Waals surface area contributed by atoms with E-state index in [1.807, 2.05) is 18.2 Å². The summed E-state index contributed by atoms with van der Waals surface area (Å²) in [5.41, 5.74) is 3.65. The average molecular weight is 336 g/mol. The van der Waals surface area contributed by atoms with Crippen LogP contribution in [0.3, 0.4) is 0 Å². The van der Waals surface area contributed by atoms with Crippen LogP contribution in [-0.2, 0) is 17.6 Å². The summed E-state index contributed by atoms with van der Waals surface area (Å²) in [6.45, 7) is 0. The second kappa shape index (κ2) is 6.96. The van der Waals surface area contributed by atoms with Crippen molar-refractivity contribution < 1.29 is 9.90 Å². The summed E-state index contributed by atoms with van der Waals surface area (Å²) in [5, 5.41) is 12.8. The highest BCUT2D eigenvalue weighted by Gasteiger charge is 2.36. The molecule has 2 aliphatic rings. The number of aliphatic hydroxyl groups excluding tert-OH is 1. The fraction of sp³-hybridized carbons (Fsp3) is 0.429.